The Morgan fingerprint density at radius 2 is 2.00 bits per heavy atom. The van der Waals surface area contributed by atoms with Gasteiger partial charge in [0.1, 0.15) is 0 Å². The number of nitrogens with zero attached hydrogens (tertiary/aromatic N) is 1. The summed E-state index contributed by atoms with van der Waals surface area (Å²) in [7, 11) is 0. The van der Waals surface area contributed by atoms with Crippen LogP contribution in [-0.2, 0) is 4.74 Å². The minimum absolute atomic E-state index is 0.0183. The normalized spacial score (nSPS) is 24.6. The molecule has 0 aromatic carbocycles. The molecule has 0 aliphatic carbocycles. The van der Waals surface area contributed by atoms with Crippen molar-refractivity contribution in [1.82, 2.24) is 4.90 Å². The molecule has 1 atom stereocenters. The highest BCUT2D eigenvalue weighted by Crippen LogP contribution is 2.25. The summed E-state index contributed by atoms with van der Waals surface area (Å²) in [6.07, 6.45) is 3.53. The monoisotopic (exact) mass is 214 g/mol. The molecule has 4 heteroatoms. The largest absolute Gasteiger partial charge is 0.430 e. The van der Waals surface area contributed by atoms with Gasteiger partial charge in [-0.25, -0.2) is 4.79 Å². The van der Waals surface area contributed by atoms with Crippen LogP contribution in [0.3, 0.4) is 0 Å². The van der Waals surface area contributed by atoms with Gasteiger partial charge in [-0.05, 0) is 40.0 Å². The van der Waals surface area contributed by atoms with Crippen molar-refractivity contribution >= 4 is 6.09 Å². The highest BCUT2D eigenvalue weighted by atomic mass is 16.6. The Bertz CT molecular complexity index is 223. The molecular formula is C11H22N2O2. The number of hydrogen-bond acceptors (Lipinski definition) is 3. The zero-order valence-electron chi connectivity index (χ0n) is 9.95. The van der Waals surface area contributed by atoms with E-state index in [1.54, 1.807) is 0 Å². The minimum atomic E-state index is -0.670. The molecule has 88 valence electrons. The lowest BCUT2D eigenvalue weighted by Crippen LogP contribution is -2.50. The van der Waals surface area contributed by atoms with Gasteiger partial charge in [0.2, 0.25) is 0 Å². The average molecular weight is 214 g/mol. The summed E-state index contributed by atoms with van der Waals surface area (Å²) in [4.78, 5) is 13.1. The van der Waals surface area contributed by atoms with Crippen molar-refractivity contribution in [1.29, 1.82) is 0 Å². The fraction of sp³-hybridized carbons (Fsp3) is 0.909. The first kappa shape index (κ1) is 12.3. The molecule has 1 aliphatic rings. The first-order chi connectivity index (χ1) is 6.91. The Labute approximate surface area is 91.8 Å². The van der Waals surface area contributed by atoms with Crippen molar-refractivity contribution in [2.75, 3.05) is 6.54 Å². The lowest BCUT2D eigenvalue weighted by atomic mass is 10.1. The molecule has 0 bridgehead atoms. The van der Waals surface area contributed by atoms with E-state index in [1.165, 1.54) is 6.42 Å². The standard InChI is InChI=1S/C11H22N2O2/c1-11(2,3)13-8-6-4-5-7-9(13)15-10(12)14/h9H,4-8H2,1-3H3,(H2,12,14). The number of nitrogens with two attached hydrogens (primary N) is 1. The van der Waals surface area contributed by atoms with Gasteiger partial charge >= 0.3 is 6.09 Å². The second kappa shape index (κ2) is 4.84. The molecule has 0 radical (unpaired) electrons. The Kier molecular flexibility index (Phi) is 3.97. The van der Waals surface area contributed by atoms with Gasteiger partial charge in [-0.3, -0.25) is 4.90 Å². The molecule has 1 amide bonds. The number of carbonyl (C=O) groups is 1. The number of likely N-dealkylation sites (tertiary alicyclic amines) is 1. The summed E-state index contributed by atoms with van der Waals surface area (Å²) in [6, 6.07) is 0. The van der Waals surface area contributed by atoms with E-state index < -0.39 is 6.09 Å². The van der Waals surface area contributed by atoms with Crippen LogP contribution in [0.4, 0.5) is 4.79 Å². The third-order valence-electron chi connectivity index (χ3n) is 2.81. The van der Waals surface area contributed by atoms with Crippen LogP contribution in [0.25, 0.3) is 0 Å². The van der Waals surface area contributed by atoms with Crippen LogP contribution in [0.2, 0.25) is 0 Å². The summed E-state index contributed by atoms with van der Waals surface area (Å²) in [5.41, 5.74) is 5.11. The Hall–Kier alpha value is -0.770. The fourth-order valence-corrected chi connectivity index (χ4v) is 2.10. The van der Waals surface area contributed by atoms with E-state index in [1.807, 2.05) is 0 Å². The Balaban J connectivity index is 2.71. The second-order valence-electron chi connectivity index (χ2n) is 5.11. The van der Waals surface area contributed by atoms with Crippen molar-refractivity contribution in [3.63, 3.8) is 0 Å². The Morgan fingerprint density at radius 1 is 1.33 bits per heavy atom. The van der Waals surface area contributed by atoms with Crippen molar-refractivity contribution in [3.8, 4) is 0 Å². The highest BCUT2D eigenvalue weighted by molar-refractivity contribution is 5.64. The van der Waals surface area contributed by atoms with Crippen LogP contribution in [0.5, 0.6) is 0 Å². The molecule has 4 nitrogen and oxygen atoms in total. The Morgan fingerprint density at radius 3 is 2.53 bits per heavy atom. The molecule has 15 heavy (non-hydrogen) atoms. The predicted octanol–water partition coefficient (Wildman–Crippen LogP) is 2.08. The number of rotatable bonds is 1. The first-order valence-electron chi connectivity index (χ1n) is 5.64. The summed E-state index contributed by atoms with van der Waals surface area (Å²) in [5.74, 6) is 0. The topological polar surface area (TPSA) is 55.6 Å². The van der Waals surface area contributed by atoms with E-state index in [-0.39, 0.29) is 11.8 Å². The van der Waals surface area contributed by atoms with Crippen LogP contribution < -0.4 is 5.73 Å². The zero-order valence-corrected chi connectivity index (χ0v) is 9.95. The van der Waals surface area contributed by atoms with E-state index in [9.17, 15) is 4.79 Å². The van der Waals surface area contributed by atoms with Crippen LogP contribution in [-0.4, -0.2) is 29.3 Å². The van der Waals surface area contributed by atoms with Crippen molar-refractivity contribution in [3.05, 3.63) is 0 Å². The molecule has 1 rings (SSSR count). The third-order valence-corrected chi connectivity index (χ3v) is 2.81. The van der Waals surface area contributed by atoms with Crippen LogP contribution in [0, 0.1) is 0 Å². The van der Waals surface area contributed by atoms with Crippen LogP contribution in [0.1, 0.15) is 46.5 Å². The summed E-state index contributed by atoms with van der Waals surface area (Å²) in [5, 5.41) is 0. The van der Waals surface area contributed by atoms with Crippen molar-refractivity contribution in [2.45, 2.75) is 58.2 Å². The minimum Gasteiger partial charge on any atom is -0.430 e. The molecule has 0 spiro atoms. The average Bonchev–Trinajstić information content (AvgIpc) is 2.27. The maximum Gasteiger partial charge on any atom is 0.406 e. The molecule has 0 aromatic rings. The van der Waals surface area contributed by atoms with Gasteiger partial charge in [0.25, 0.3) is 0 Å². The molecular weight excluding hydrogens is 192 g/mol. The van der Waals surface area contributed by atoms with E-state index in [0.29, 0.717) is 0 Å². The van der Waals surface area contributed by atoms with E-state index in [4.69, 9.17) is 10.5 Å². The van der Waals surface area contributed by atoms with Gasteiger partial charge in [-0.2, -0.15) is 0 Å². The van der Waals surface area contributed by atoms with Gasteiger partial charge in [-0.15, -0.1) is 0 Å². The smallest absolute Gasteiger partial charge is 0.406 e. The highest BCUT2D eigenvalue weighted by Gasteiger charge is 2.31. The number of amides is 1. The maximum absolute atomic E-state index is 10.8. The zero-order chi connectivity index (χ0) is 11.5. The third kappa shape index (κ3) is 3.70. The fourth-order valence-electron chi connectivity index (χ4n) is 2.10. The molecule has 0 saturated carbocycles. The molecule has 1 unspecified atom stereocenters. The van der Waals surface area contributed by atoms with Crippen molar-refractivity contribution in [2.24, 2.45) is 5.73 Å². The predicted molar refractivity (Wildman–Crippen MR) is 59.4 cm³/mol. The lowest BCUT2D eigenvalue weighted by Gasteiger charge is -2.39. The first-order valence-corrected chi connectivity index (χ1v) is 5.64. The summed E-state index contributed by atoms with van der Waals surface area (Å²) >= 11 is 0. The SMILES string of the molecule is CC(C)(C)N1CCCCCC1OC(N)=O. The number of primary amides is 1. The number of ether oxygens (including phenoxy) is 1. The van der Waals surface area contributed by atoms with Gasteiger partial charge < -0.3 is 10.5 Å². The maximum atomic E-state index is 10.8. The molecule has 1 heterocycles. The van der Waals surface area contributed by atoms with Crippen molar-refractivity contribution < 1.29 is 9.53 Å². The van der Waals surface area contributed by atoms with E-state index >= 15 is 0 Å². The van der Waals surface area contributed by atoms with Gasteiger partial charge in [0.15, 0.2) is 6.23 Å². The molecule has 1 saturated heterocycles. The number of hydrogen-bond donors (Lipinski definition) is 1. The lowest BCUT2D eigenvalue weighted by molar-refractivity contribution is -0.0548. The number of carbonyl (C=O) groups excluding carboxylic acids is 1. The summed E-state index contributed by atoms with van der Waals surface area (Å²) < 4.78 is 5.18. The van der Waals surface area contributed by atoms with Crippen LogP contribution in [0.15, 0.2) is 0 Å². The second-order valence-corrected chi connectivity index (χ2v) is 5.11. The van der Waals surface area contributed by atoms with E-state index in [2.05, 4.69) is 25.7 Å². The summed E-state index contributed by atoms with van der Waals surface area (Å²) in [6.45, 7) is 7.38. The quantitative estimate of drug-likeness (QED) is 0.727. The van der Waals surface area contributed by atoms with E-state index in [0.717, 1.165) is 25.8 Å². The molecule has 1 fully saturated rings. The molecule has 2 N–H and O–H groups in total. The van der Waals surface area contributed by atoms with Gasteiger partial charge in [0, 0.05) is 12.1 Å². The molecule has 1 aliphatic heterocycles. The van der Waals surface area contributed by atoms with Crippen LogP contribution >= 0.6 is 0 Å². The van der Waals surface area contributed by atoms with Gasteiger partial charge in [0.05, 0.1) is 0 Å². The van der Waals surface area contributed by atoms with Gasteiger partial charge in [-0.1, -0.05) is 6.42 Å². The molecule has 0 aromatic heterocycles.